The summed E-state index contributed by atoms with van der Waals surface area (Å²) in [5.41, 5.74) is 6.25. The molecule has 0 bridgehead atoms. The number of nitrogens with zero attached hydrogens (tertiary/aromatic N) is 2. The number of amides is 2. The molecule has 3 N–H and O–H groups in total. The maximum absolute atomic E-state index is 12.7. The van der Waals surface area contributed by atoms with E-state index >= 15 is 0 Å². The average molecular weight is 292 g/mol. The molecule has 0 spiro atoms. The lowest BCUT2D eigenvalue weighted by Gasteiger charge is -2.23. The van der Waals surface area contributed by atoms with Crippen molar-refractivity contribution >= 4 is 11.8 Å². The molecule has 7 heteroatoms. The van der Waals surface area contributed by atoms with Gasteiger partial charge in [0.1, 0.15) is 11.6 Å². The van der Waals surface area contributed by atoms with Crippen molar-refractivity contribution in [2.75, 3.05) is 20.2 Å². The zero-order valence-electron chi connectivity index (χ0n) is 12.2. The second-order valence-corrected chi connectivity index (χ2v) is 4.87. The van der Waals surface area contributed by atoms with Gasteiger partial charge < -0.3 is 20.7 Å². The van der Waals surface area contributed by atoms with Gasteiger partial charge in [0.2, 0.25) is 11.8 Å². The first-order valence-corrected chi connectivity index (χ1v) is 6.94. The SMILES string of the molecule is CCOc1ncccc1C(=O)N1C[C@@H](N)C[C@H]1C(=O)NC. The summed E-state index contributed by atoms with van der Waals surface area (Å²) in [4.78, 5) is 30.2. The summed E-state index contributed by atoms with van der Waals surface area (Å²) in [5, 5.41) is 2.57. The van der Waals surface area contributed by atoms with Crippen LogP contribution in [0.1, 0.15) is 23.7 Å². The molecule has 2 amide bonds. The Hall–Kier alpha value is -2.15. The third-order valence-electron chi connectivity index (χ3n) is 3.43. The van der Waals surface area contributed by atoms with Gasteiger partial charge in [0.15, 0.2) is 0 Å². The summed E-state index contributed by atoms with van der Waals surface area (Å²) in [5.74, 6) is -0.215. The molecule has 0 aromatic carbocycles. The number of ether oxygens (including phenoxy) is 1. The van der Waals surface area contributed by atoms with E-state index < -0.39 is 6.04 Å². The number of aromatic nitrogens is 1. The molecule has 1 saturated heterocycles. The number of pyridine rings is 1. The van der Waals surface area contributed by atoms with E-state index in [0.717, 1.165) is 0 Å². The van der Waals surface area contributed by atoms with Crippen molar-refractivity contribution in [3.05, 3.63) is 23.9 Å². The van der Waals surface area contributed by atoms with Crippen LogP contribution >= 0.6 is 0 Å². The molecule has 0 radical (unpaired) electrons. The standard InChI is InChI=1S/C14H20N4O3/c1-3-21-13-10(5-4-6-17-13)14(20)18-8-9(15)7-11(18)12(19)16-2/h4-6,9,11H,3,7-8,15H2,1-2H3,(H,16,19)/t9-,11-/m0/s1. The fraction of sp³-hybridized carbons (Fsp3) is 0.500. The molecule has 7 nitrogen and oxygen atoms in total. The Morgan fingerprint density at radius 1 is 1.57 bits per heavy atom. The van der Waals surface area contributed by atoms with Crippen LogP contribution in [0.3, 0.4) is 0 Å². The topological polar surface area (TPSA) is 97.6 Å². The third-order valence-corrected chi connectivity index (χ3v) is 3.43. The molecule has 1 aliphatic heterocycles. The highest BCUT2D eigenvalue weighted by Gasteiger charge is 2.38. The van der Waals surface area contributed by atoms with Crippen LogP contribution in [-0.4, -0.2) is 54.0 Å². The van der Waals surface area contributed by atoms with Gasteiger partial charge in [-0.3, -0.25) is 9.59 Å². The maximum atomic E-state index is 12.7. The first-order chi connectivity index (χ1) is 10.1. The van der Waals surface area contributed by atoms with E-state index in [1.165, 1.54) is 4.90 Å². The summed E-state index contributed by atoms with van der Waals surface area (Å²) in [6.45, 7) is 2.58. The lowest BCUT2D eigenvalue weighted by Crippen LogP contribution is -2.45. The summed E-state index contributed by atoms with van der Waals surface area (Å²) >= 11 is 0. The van der Waals surface area contributed by atoms with Crippen LogP contribution in [0.25, 0.3) is 0 Å². The van der Waals surface area contributed by atoms with Gasteiger partial charge in [-0.2, -0.15) is 0 Å². The highest BCUT2D eigenvalue weighted by molar-refractivity contribution is 5.99. The first-order valence-electron chi connectivity index (χ1n) is 6.94. The zero-order chi connectivity index (χ0) is 15.4. The van der Waals surface area contributed by atoms with Crippen LogP contribution in [0.15, 0.2) is 18.3 Å². The maximum Gasteiger partial charge on any atom is 0.260 e. The molecular formula is C14H20N4O3. The molecule has 2 heterocycles. The first kappa shape index (κ1) is 15.2. The Morgan fingerprint density at radius 3 is 3.00 bits per heavy atom. The highest BCUT2D eigenvalue weighted by Crippen LogP contribution is 2.23. The summed E-state index contributed by atoms with van der Waals surface area (Å²) in [7, 11) is 1.55. The molecule has 114 valence electrons. The number of nitrogens with one attached hydrogen (secondary N) is 1. The van der Waals surface area contributed by atoms with Crippen LogP contribution in [0.2, 0.25) is 0 Å². The summed E-state index contributed by atoms with van der Waals surface area (Å²) in [6, 6.07) is 2.56. The van der Waals surface area contributed by atoms with Crippen LogP contribution in [0, 0.1) is 0 Å². The van der Waals surface area contributed by atoms with E-state index in [0.29, 0.717) is 25.1 Å². The van der Waals surface area contributed by atoms with Gasteiger partial charge in [-0.25, -0.2) is 4.98 Å². The van der Waals surface area contributed by atoms with Crippen molar-refractivity contribution in [3.8, 4) is 5.88 Å². The molecule has 0 aliphatic carbocycles. The van der Waals surface area contributed by atoms with Crippen molar-refractivity contribution < 1.29 is 14.3 Å². The van der Waals surface area contributed by atoms with Crippen molar-refractivity contribution in [3.63, 3.8) is 0 Å². The van der Waals surface area contributed by atoms with E-state index in [4.69, 9.17) is 10.5 Å². The van der Waals surface area contributed by atoms with Gasteiger partial charge in [0.25, 0.3) is 5.91 Å². The molecule has 0 unspecified atom stereocenters. The van der Waals surface area contributed by atoms with Crippen LogP contribution in [-0.2, 0) is 4.79 Å². The van der Waals surface area contributed by atoms with Gasteiger partial charge in [-0.1, -0.05) is 0 Å². The molecular weight excluding hydrogens is 272 g/mol. The fourth-order valence-electron chi connectivity index (χ4n) is 2.47. The monoisotopic (exact) mass is 292 g/mol. The van der Waals surface area contributed by atoms with Crippen LogP contribution in [0.4, 0.5) is 0 Å². The average Bonchev–Trinajstić information content (AvgIpc) is 2.88. The number of hydrogen-bond donors (Lipinski definition) is 2. The molecule has 1 aliphatic rings. The van der Waals surface area contributed by atoms with Crippen molar-refractivity contribution in [2.24, 2.45) is 5.73 Å². The predicted octanol–water partition coefficient (Wildman–Crippen LogP) is -0.232. The van der Waals surface area contributed by atoms with E-state index in [9.17, 15) is 9.59 Å². The zero-order valence-corrected chi connectivity index (χ0v) is 12.2. The van der Waals surface area contributed by atoms with Crippen molar-refractivity contribution in [2.45, 2.75) is 25.4 Å². The number of carbonyl (C=O) groups excluding carboxylic acids is 2. The molecule has 0 saturated carbocycles. The smallest absolute Gasteiger partial charge is 0.260 e. The molecule has 21 heavy (non-hydrogen) atoms. The van der Waals surface area contributed by atoms with Crippen molar-refractivity contribution in [1.82, 2.24) is 15.2 Å². The minimum absolute atomic E-state index is 0.205. The number of likely N-dealkylation sites (N-methyl/N-ethyl adjacent to an activating group) is 1. The molecule has 2 rings (SSSR count). The quantitative estimate of drug-likeness (QED) is 0.799. The minimum Gasteiger partial charge on any atom is -0.477 e. The largest absolute Gasteiger partial charge is 0.477 e. The molecule has 1 aromatic rings. The number of nitrogens with two attached hydrogens (primary N) is 1. The Morgan fingerprint density at radius 2 is 2.33 bits per heavy atom. The highest BCUT2D eigenvalue weighted by atomic mass is 16.5. The number of rotatable bonds is 4. The normalized spacial score (nSPS) is 21.2. The van der Waals surface area contributed by atoms with Crippen LogP contribution in [0.5, 0.6) is 5.88 Å². The van der Waals surface area contributed by atoms with E-state index in [1.54, 1.807) is 25.4 Å². The number of hydrogen-bond acceptors (Lipinski definition) is 5. The lowest BCUT2D eigenvalue weighted by atomic mass is 10.1. The van der Waals surface area contributed by atoms with Gasteiger partial charge in [0, 0.05) is 25.8 Å². The van der Waals surface area contributed by atoms with E-state index in [-0.39, 0.29) is 23.7 Å². The van der Waals surface area contributed by atoms with Crippen molar-refractivity contribution in [1.29, 1.82) is 0 Å². The Labute approximate surface area is 123 Å². The summed E-state index contributed by atoms with van der Waals surface area (Å²) in [6.07, 6.45) is 2.02. The van der Waals surface area contributed by atoms with Gasteiger partial charge in [-0.05, 0) is 25.5 Å². The number of carbonyl (C=O) groups is 2. The van der Waals surface area contributed by atoms with Crippen LogP contribution < -0.4 is 15.8 Å². The van der Waals surface area contributed by atoms with E-state index in [1.807, 2.05) is 6.92 Å². The second kappa shape index (κ2) is 6.53. The Balaban J connectivity index is 2.28. The van der Waals surface area contributed by atoms with E-state index in [2.05, 4.69) is 10.3 Å². The van der Waals surface area contributed by atoms with Gasteiger partial charge in [-0.15, -0.1) is 0 Å². The number of likely N-dealkylation sites (tertiary alicyclic amines) is 1. The molecule has 1 aromatic heterocycles. The Kier molecular flexibility index (Phi) is 4.74. The molecule has 2 atom stereocenters. The summed E-state index contributed by atoms with van der Waals surface area (Å²) < 4.78 is 5.38. The fourth-order valence-corrected chi connectivity index (χ4v) is 2.47. The third kappa shape index (κ3) is 3.13. The minimum atomic E-state index is -0.549. The Bertz CT molecular complexity index is 535. The predicted molar refractivity (Wildman–Crippen MR) is 76.9 cm³/mol. The van der Waals surface area contributed by atoms with Gasteiger partial charge >= 0.3 is 0 Å². The second-order valence-electron chi connectivity index (χ2n) is 4.87. The molecule has 1 fully saturated rings. The lowest BCUT2D eigenvalue weighted by molar-refractivity contribution is -0.124. The van der Waals surface area contributed by atoms with Gasteiger partial charge in [0.05, 0.1) is 6.61 Å².